The van der Waals surface area contributed by atoms with Crippen molar-refractivity contribution >= 4 is 29.2 Å². The molecule has 1 aliphatic rings. The van der Waals surface area contributed by atoms with Crippen LogP contribution in [0.3, 0.4) is 0 Å². The van der Waals surface area contributed by atoms with Crippen LogP contribution in [-0.2, 0) is 22.4 Å². The molecule has 0 unspecified atom stereocenters. The van der Waals surface area contributed by atoms with Crippen LogP contribution in [0.2, 0.25) is 0 Å². The highest BCUT2D eigenvalue weighted by Gasteiger charge is 2.25. The fourth-order valence-corrected chi connectivity index (χ4v) is 3.99. The molecule has 1 heterocycles. The van der Waals surface area contributed by atoms with Gasteiger partial charge in [-0.2, -0.15) is 0 Å². The number of aryl methyl sites for hydroxylation is 2. The van der Waals surface area contributed by atoms with E-state index in [1.807, 2.05) is 23.5 Å². The molecular weight excluding hydrogens is 356 g/mol. The minimum Gasteiger partial charge on any atom is -0.497 e. The molecule has 1 atom stereocenters. The lowest BCUT2D eigenvalue weighted by Gasteiger charge is -2.16. The van der Waals surface area contributed by atoms with Gasteiger partial charge in [-0.15, -0.1) is 11.3 Å². The van der Waals surface area contributed by atoms with E-state index in [1.165, 1.54) is 23.8 Å². The van der Waals surface area contributed by atoms with Gasteiger partial charge in [0.05, 0.1) is 7.11 Å². The predicted octanol–water partition coefficient (Wildman–Crippen LogP) is 2.26. The van der Waals surface area contributed by atoms with Gasteiger partial charge < -0.3 is 15.2 Å². The standard InChI is InChI=1S/C18H18N2O5S/c1-9(16(21)20-18(19)23)25-17(22)14-8-11-4-3-10-7-12(24-2)5-6-13(10)15(11)26-14/h5-9H,3-4H2,1-2H3,(H3,19,20,21,23)/t9-/m0/s1. The minimum absolute atomic E-state index is 0.414. The number of urea groups is 1. The predicted molar refractivity (Wildman–Crippen MR) is 96.3 cm³/mol. The lowest BCUT2D eigenvalue weighted by atomic mass is 9.91. The molecule has 3 rings (SSSR count). The summed E-state index contributed by atoms with van der Waals surface area (Å²) in [5, 5.41) is 1.89. The summed E-state index contributed by atoms with van der Waals surface area (Å²) in [6.07, 6.45) is 0.560. The highest BCUT2D eigenvalue weighted by Crippen LogP contribution is 2.41. The van der Waals surface area contributed by atoms with Gasteiger partial charge in [-0.1, -0.05) is 0 Å². The second-order valence-electron chi connectivity index (χ2n) is 5.89. The third-order valence-electron chi connectivity index (χ3n) is 4.13. The molecule has 1 aromatic heterocycles. The molecule has 7 nitrogen and oxygen atoms in total. The number of rotatable bonds is 4. The monoisotopic (exact) mass is 374 g/mol. The first-order valence-corrected chi connectivity index (χ1v) is 8.82. The molecule has 0 aliphatic heterocycles. The lowest BCUT2D eigenvalue weighted by Crippen LogP contribution is -2.42. The number of nitrogens with one attached hydrogen (secondary N) is 1. The zero-order chi connectivity index (χ0) is 18.8. The van der Waals surface area contributed by atoms with Crippen LogP contribution in [0, 0.1) is 0 Å². The van der Waals surface area contributed by atoms with E-state index < -0.39 is 24.0 Å². The van der Waals surface area contributed by atoms with Crippen molar-refractivity contribution in [2.45, 2.75) is 25.9 Å². The van der Waals surface area contributed by atoms with Gasteiger partial charge in [-0.3, -0.25) is 10.1 Å². The summed E-state index contributed by atoms with van der Waals surface area (Å²) in [7, 11) is 1.63. The van der Waals surface area contributed by atoms with E-state index in [4.69, 9.17) is 15.2 Å². The quantitative estimate of drug-likeness (QED) is 0.798. The number of benzene rings is 1. The summed E-state index contributed by atoms with van der Waals surface area (Å²) >= 11 is 1.33. The second-order valence-corrected chi connectivity index (χ2v) is 6.94. The second kappa shape index (κ2) is 7.17. The van der Waals surface area contributed by atoms with E-state index in [0.717, 1.165) is 34.6 Å². The Morgan fingerprint density at radius 3 is 2.62 bits per heavy atom. The van der Waals surface area contributed by atoms with Gasteiger partial charge in [0.1, 0.15) is 10.6 Å². The van der Waals surface area contributed by atoms with Crippen LogP contribution in [-0.4, -0.2) is 31.1 Å². The SMILES string of the molecule is COc1ccc2c(c1)CCc1cc(C(=O)O[C@@H](C)C(=O)NC(N)=O)sc1-2. The van der Waals surface area contributed by atoms with Gasteiger partial charge in [0.2, 0.25) is 0 Å². The molecule has 1 aromatic carbocycles. The highest BCUT2D eigenvalue weighted by atomic mass is 32.1. The number of thiophene rings is 1. The number of carbonyl (C=O) groups is 3. The molecule has 0 spiro atoms. The van der Waals surface area contributed by atoms with Crippen molar-refractivity contribution in [3.05, 3.63) is 40.3 Å². The van der Waals surface area contributed by atoms with Crippen molar-refractivity contribution in [2.24, 2.45) is 5.73 Å². The third kappa shape index (κ3) is 3.55. The number of fused-ring (bicyclic) bond motifs is 3. The number of ether oxygens (including phenoxy) is 2. The molecule has 0 radical (unpaired) electrons. The lowest BCUT2D eigenvalue weighted by molar-refractivity contribution is -0.127. The van der Waals surface area contributed by atoms with Crippen molar-refractivity contribution in [1.29, 1.82) is 0 Å². The Morgan fingerprint density at radius 1 is 1.19 bits per heavy atom. The molecule has 2 aromatic rings. The normalized spacial score (nSPS) is 13.2. The Labute approximate surface area is 154 Å². The topological polar surface area (TPSA) is 108 Å². The molecule has 26 heavy (non-hydrogen) atoms. The number of esters is 1. The Morgan fingerprint density at radius 2 is 1.92 bits per heavy atom. The van der Waals surface area contributed by atoms with E-state index in [0.29, 0.717) is 4.88 Å². The van der Waals surface area contributed by atoms with Crippen molar-refractivity contribution < 1.29 is 23.9 Å². The number of primary amides is 1. The smallest absolute Gasteiger partial charge is 0.349 e. The summed E-state index contributed by atoms with van der Waals surface area (Å²) in [5.41, 5.74) is 8.22. The summed E-state index contributed by atoms with van der Waals surface area (Å²) in [6.45, 7) is 1.38. The average molecular weight is 374 g/mol. The number of hydrogen-bond donors (Lipinski definition) is 2. The van der Waals surface area contributed by atoms with Gasteiger partial charge in [-0.05, 0) is 60.7 Å². The molecule has 8 heteroatoms. The van der Waals surface area contributed by atoms with Crippen LogP contribution in [0.25, 0.3) is 10.4 Å². The van der Waals surface area contributed by atoms with E-state index in [2.05, 4.69) is 0 Å². The van der Waals surface area contributed by atoms with Crippen LogP contribution in [0.1, 0.15) is 27.7 Å². The number of imide groups is 1. The van der Waals surface area contributed by atoms with Crippen LogP contribution >= 0.6 is 11.3 Å². The summed E-state index contributed by atoms with van der Waals surface area (Å²) in [4.78, 5) is 36.1. The van der Waals surface area contributed by atoms with Crippen molar-refractivity contribution in [1.82, 2.24) is 5.32 Å². The van der Waals surface area contributed by atoms with E-state index >= 15 is 0 Å². The highest BCUT2D eigenvalue weighted by molar-refractivity contribution is 7.17. The summed E-state index contributed by atoms with van der Waals surface area (Å²) < 4.78 is 10.4. The number of amides is 3. The molecule has 0 bridgehead atoms. The van der Waals surface area contributed by atoms with Crippen molar-refractivity contribution in [3.8, 4) is 16.2 Å². The number of carbonyl (C=O) groups excluding carboxylic acids is 3. The maximum Gasteiger partial charge on any atom is 0.349 e. The van der Waals surface area contributed by atoms with Crippen molar-refractivity contribution in [3.63, 3.8) is 0 Å². The Bertz CT molecular complexity index is 890. The molecule has 3 amide bonds. The van der Waals surface area contributed by atoms with Crippen molar-refractivity contribution in [2.75, 3.05) is 7.11 Å². The number of nitrogens with two attached hydrogens (primary N) is 1. The molecule has 3 N–H and O–H groups in total. The van der Waals surface area contributed by atoms with E-state index in [1.54, 1.807) is 13.2 Å². The average Bonchev–Trinajstić information content (AvgIpc) is 3.05. The van der Waals surface area contributed by atoms with Gasteiger partial charge >= 0.3 is 12.0 Å². The van der Waals surface area contributed by atoms with Gasteiger partial charge in [0.15, 0.2) is 6.10 Å². The van der Waals surface area contributed by atoms with Gasteiger partial charge in [0, 0.05) is 4.88 Å². The molecule has 136 valence electrons. The van der Waals surface area contributed by atoms with Crippen LogP contribution < -0.4 is 15.8 Å². The minimum atomic E-state index is -1.12. The van der Waals surface area contributed by atoms with E-state index in [9.17, 15) is 14.4 Å². The van der Waals surface area contributed by atoms with Gasteiger partial charge in [0.25, 0.3) is 5.91 Å². The molecule has 0 saturated heterocycles. The molecule has 0 saturated carbocycles. The zero-order valence-electron chi connectivity index (χ0n) is 14.3. The zero-order valence-corrected chi connectivity index (χ0v) is 15.1. The summed E-state index contributed by atoms with van der Waals surface area (Å²) in [6, 6.07) is 6.69. The Hall–Kier alpha value is -2.87. The fourth-order valence-electron chi connectivity index (χ4n) is 2.83. The number of hydrogen-bond acceptors (Lipinski definition) is 6. The molecule has 0 fully saturated rings. The first-order chi connectivity index (χ1) is 12.4. The first kappa shape index (κ1) is 17.9. The fraction of sp³-hybridized carbons (Fsp3) is 0.278. The third-order valence-corrected chi connectivity index (χ3v) is 5.32. The Balaban J connectivity index is 1.79. The maximum absolute atomic E-state index is 12.3. The first-order valence-electron chi connectivity index (χ1n) is 8.00. The maximum atomic E-state index is 12.3. The molecule has 1 aliphatic carbocycles. The van der Waals surface area contributed by atoms with Gasteiger partial charge in [-0.25, -0.2) is 9.59 Å². The van der Waals surface area contributed by atoms with Crippen LogP contribution in [0.15, 0.2) is 24.3 Å². The Kier molecular flexibility index (Phi) is 4.94. The van der Waals surface area contributed by atoms with Crippen LogP contribution in [0.4, 0.5) is 4.79 Å². The van der Waals surface area contributed by atoms with E-state index in [-0.39, 0.29) is 0 Å². The largest absolute Gasteiger partial charge is 0.497 e. The molecular formula is C18H18N2O5S. The van der Waals surface area contributed by atoms with Crippen LogP contribution in [0.5, 0.6) is 5.75 Å². The number of methoxy groups -OCH3 is 1. The summed E-state index contributed by atoms with van der Waals surface area (Å²) in [5.74, 6) is -0.561.